The molecular formula is C24H21ClN2O4S. The van der Waals surface area contributed by atoms with Crippen LogP contribution in [-0.4, -0.2) is 26.5 Å². The fourth-order valence-electron chi connectivity index (χ4n) is 2.90. The van der Waals surface area contributed by atoms with Gasteiger partial charge in [0.2, 0.25) is 5.91 Å². The van der Waals surface area contributed by atoms with E-state index in [2.05, 4.69) is 10.6 Å². The number of halogens is 1. The molecule has 0 aliphatic carbocycles. The zero-order chi connectivity index (χ0) is 23.3. The van der Waals surface area contributed by atoms with Crippen LogP contribution < -0.4 is 10.6 Å². The van der Waals surface area contributed by atoms with Crippen molar-refractivity contribution >= 4 is 50.7 Å². The van der Waals surface area contributed by atoms with Crippen LogP contribution in [0, 0.1) is 6.92 Å². The van der Waals surface area contributed by atoms with Gasteiger partial charge in [-0.1, -0.05) is 35.9 Å². The van der Waals surface area contributed by atoms with E-state index in [9.17, 15) is 18.0 Å². The molecule has 3 aromatic carbocycles. The van der Waals surface area contributed by atoms with Crippen molar-refractivity contribution in [1.29, 1.82) is 0 Å². The zero-order valence-electron chi connectivity index (χ0n) is 17.4. The van der Waals surface area contributed by atoms with E-state index in [-0.39, 0.29) is 16.4 Å². The Morgan fingerprint density at radius 1 is 0.938 bits per heavy atom. The molecule has 0 aliphatic rings. The van der Waals surface area contributed by atoms with E-state index < -0.39 is 15.7 Å². The van der Waals surface area contributed by atoms with Crippen molar-refractivity contribution in [3.63, 3.8) is 0 Å². The highest BCUT2D eigenvalue weighted by Gasteiger charge is 2.13. The minimum atomic E-state index is -3.42. The number of benzene rings is 3. The van der Waals surface area contributed by atoms with Crippen LogP contribution in [0.4, 0.5) is 11.4 Å². The largest absolute Gasteiger partial charge is 0.323 e. The van der Waals surface area contributed by atoms with Crippen molar-refractivity contribution in [1.82, 2.24) is 0 Å². The molecule has 8 heteroatoms. The van der Waals surface area contributed by atoms with Gasteiger partial charge in [-0.15, -0.1) is 0 Å². The average molecular weight is 469 g/mol. The van der Waals surface area contributed by atoms with Gasteiger partial charge in [0.15, 0.2) is 9.84 Å². The third kappa shape index (κ3) is 6.06. The summed E-state index contributed by atoms with van der Waals surface area (Å²) in [6.07, 6.45) is 4.11. The van der Waals surface area contributed by atoms with Gasteiger partial charge in [-0.05, 0) is 66.6 Å². The van der Waals surface area contributed by atoms with Crippen LogP contribution in [0.3, 0.4) is 0 Å². The Hall–Kier alpha value is -3.42. The van der Waals surface area contributed by atoms with Crippen molar-refractivity contribution in [2.45, 2.75) is 11.8 Å². The Kier molecular flexibility index (Phi) is 7.12. The lowest BCUT2D eigenvalue weighted by atomic mass is 10.1. The van der Waals surface area contributed by atoms with Crippen molar-refractivity contribution in [2.24, 2.45) is 0 Å². The van der Waals surface area contributed by atoms with Crippen LogP contribution in [0.15, 0.2) is 77.7 Å². The minimum absolute atomic E-state index is 0.0739. The summed E-state index contributed by atoms with van der Waals surface area (Å²) in [5, 5.41) is 6.07. The third-order valence-electron chi connectivity index (χ3n) is 4.59. The first kappa shape index (κ1) is 23.2. The number of aryl methyl sites for hydroxylation is 1. The number of carbonyl (C=O) groups is 2. The number of amides is 2. The van der Waals surface area contributed by atoms with Crippen LogP contribution in [0.2, 0.25) is 5.02 Å². The lowest BCUT2D eigenvalue weighted by Crippen LogP contribution is -2.14. The molecule has 0 radical (unpaired) electrons. The number of sulfone groups is 1. The van der Waals surface area contributed by atoms with Crippen LogP contribution in [0.5, 0.6) is 0 Å². The first-order chi connectivity index (χ1) is 15.1. The molecule has 0 atom stereocenters. The summed E-state index contributed by atoms with van der Waals surface area (Å²) in [4.78, 5) is 24.8. The Bertz CT molecular complexity index is 1320. The highest BCUT2D eigenvalue weighted by atomic mass is 35.5. The quantitative estimate of drug-likeness (QED) is 0.500. The SMILES string of the molecule is Cc1cc(NC(=O)/C=C/c2ccccc2Cl)ccc1NC(=O)c1cccc(S(C)(=O)=O)c1. The topological polar surface area (TPSA) is 92.3 Å². The fourth-order valence-corrected chi connectivity index (χ4v) is 3.77. The van der Waals surface area contributed by atoms with E-state index >= 15 is 0 Å². The van der Waals surface area contributed by atoms with E-state index in [1.165, 1.54) is 24.3 Å². The van der Waals surface area contributed by atoms with Crippen molar-refractivity contribution < 1.29 is 18.0 Å². The predicted octanol–water partition coefficient (Wildman–Crippen LogP) is 4.96. The van der Waals surface area contributed by atoms with E-state index in [0.717, 1.165) is 17.4 Å². The van der Waals surface area contributed by atoms with E-state index in [4.69, 9.17) is 11.6 Å². The second-order valence-corrected chi connectivity index (χ2v) is 9.55. The van der Waals surface area contributed by atoms with Crippen LogP contribution >= 0.6 is 11.6 Å². The zero-order valence-corrected chi connectivity index (χ0v) is 19.0. The lowest BCUT2D eigenvalue weighted by Gasteiger charge is -2.11. The molecular weight excluding hydrogens is 448 g/mol. The summed E-state index contributed by atoms with van der Waals surface area (Å²) >= 11 is 6.08. The first-order valence-corrected chi connectivity index (χ1v) is 11.9. The number of rotatable bonds is 6. The normalized spacial score (nSPS) is 11.3. The standard InChI is InChI=1S/C24H21ClN2O4S/c1-16-14-19(26-23(28)13-10-17-6-3-4-9-21(17)25)11-12-22(16)27-24(29)18-7-5-8-20(15-18)32(2,30)31/h3-15H,1-2H3,(H,26,28)(H,27,29)/b13-10+. The molecule has 0 aliphatic heterocycles. The van der Waals surface area contributed by atoms with Crippen molar-refractivity contribution in [3.05, 3.63) is 94.5 Å². The molecule has 0 saturated carbocycles. The van der Waals surface area contributed by atoms with Gasteiger partial charge in [-0.25, -0.2) is 8.42 Å². The number of hydrogen-bond donors (Lipinski definition) is 2. The van der Waals surface area contributed by atoms with Crippen molar-refractivity contribution in [2.75, 3.05) is 16.9 Å². The van der Waals surface area contributed by atoms with Gasteiger partial charge < -0.3 is 10.6 Å². The van der Waals surface area contributed by atoms with Crippen LogP contribution in [-0.2, 0) is 14.6 Å². The molecule has 2 N–H and O–H groups in total. The smallest absolute Gasteiger partial charge is 0.255 e. The summed E-state index contributed by atoms with van der Waals surface area (Å²) in [7, 11) is -3.42. The molecule has 0 unspecified atom stereocenters. The molecule has 0 bridgehead atoms. The summed E-state index contributed by atoms with van der Waals surface area (Å²) in [6, 6.07) is 18.1. The molecule has 3 aromatic rings. The monoisotopic (exact) mass is 468 g/mol. The van der Waals surface area contributed by atoms with Gasteiger partial charge in [0.25, 0.3) is 5.91 Å². The fraction of sp³-hybridized carbons (Fsp3) is 0.0833. The molecule has 2 amide bonds. The highest BCUT2D eigenvalue weighted by Crippen LogP contribution is 2.22. The maximum atomic E-state index is 12.6. The summed E-state index contributed by atoms with van der Waals surface area (Å²) < 4.78 is 23.4. The van der Waals surface area contributed by atoms with Gasteiger partial charge in [-0.2, -0.15) is 0 Å². The van der Waals surface area contributed by atoms with Gasteiger partial charge in [0.05, 0.1) is 4.90 Å². The van der Waals surface area contributed by atoms with E-state index in [1.54, 1.807) is 49.4 Å². The lowest BCUT2D eigenvalue weighted by molar-refractivity contribution is -0.111. The Morgan fingerprint density at radius 2 is 1.69 bits per heavy atom. The summed E-state index contributed by atoms with van der Waals surface area (Å²) in [5.41, 5.74) is 2.80. The maximum absolute atomic E-state index is 12.6. The van der Waals surface area contributed by atoms with Gasteiger partial charge in [-0.3, -0.25) is 9.59 Å². The Labute approximate surface area is 191 Å². The molecule has 32 heavy (non-hydrogen) atoms. The summed E-state index contributed by atoms with van der Waals surface area (Å²) in [5.74, 6) is -0.753. The average Bonchev–Trinajstić information content (AvgIpc) is 2.74. The molecule has 0 fully saturated rings. The van der Waals surface area contributed by atoms with Gasteiger partial charge in [0, 0.05) is 34.3 Å². The molecule has 0 heterocycles. The van der Waals surface area contributed by atoms with E-state index in [1.807, 2.05) is 12.1 Å². The molecule has 164 valence electrons. The first-order valence-electron chi connectivity index (χ1n) is 9.59. The second-order valence-electron chi connectivity index (χ2n) is 7.13. The van der Waals surface area contributed by atoms with Crippen LogP contribution in [0.1, 0.15) is 21.5 Å². The number of carbonyl (C=O) groups excluding carboxylic acids is 2. The molecule has 0 aromatic heterocycles. The van der Waals surface area contributed by atoms with Crippen LogP contribution in [0.25, 0.3) is 6.08 Å². The molecule has 0 saturated heterocycles. The highest BCUT2D eigenvalue weighted by molar-refractivity contribution is 7.90. The molecule has 3 rings (SSSR count). The number of nitrogens with one attached hydrogen (secondary N) is 2. The number of anilines is 2. The van der Waals surface area contributed by atoms with Gasteiger partial charge in [0.1, 0.15) is 0 Å². The number of hydrogen-bond acceptors (Lipinski definition) is 4. The van der Waals surface area contributed by atoms with E-state index in [0.29, 0.717) is 16.4 Å². The Morgan fingerprint density at radius 3 is 2.38 bits per heavy atom. The van der Waals surface area contributed by atoms with Crippen molar-refractivity contribution in [3.8, 4) is 0 Å². The molecule has 6 nitrogen and oxygen atoms in total. The maximum Gasteiger partial charge on any atom is 0.255 e. The summed E-state index contributed by atoms with van der Waals surface area (Å²) in [6.45, 7) is 1.79. The third-order valence-corrected chi connectivity index (χ3v) is 6.04. The second kappa shape index (κ2) is 9.80. The molecule has 0 spiro atoms. The Balaban J connectivity index is 1.68. The predicted molar refractivity (Wildman–Crippen MR) is 128 cm³/mol. The minimum Gasteiger partial charge on any atom is -0.323 e. The van der Waals surface area contributed by atoms with Gasteiger partial charge >= 0.3 is 0 Å².